The third kappa shape index (κ3) is 4.49. The first-order valence-corrected chi connectivity index (χ1v) is 11.7. The van der Waals surface area contributed by atoms with E-state index in [2.05, 4.69) is 44.3 Å². The van der Waals surface area contributed by atoms with Crippen LogP contribution in [-0.2, 0) is 0 Å². The van der Waals surface area contributed by atoms with Crippen molar-refractivity contribution in [3.63, 3.8) is 0 Å². The molecule has 35 heavy (non-hydrogen) atoms. The Morgan fingerprint density at radius 3 is 2.71 bits per heavy atom. The van der Waals surface area contributed by atoms with Crippen molar-refractivity contribution in [1.29, 1.82) is 0 Å². The molecule has 1 aliphatic heterocycles. The van der Waals surface area contributed by atoms with Crippen LogP contribution in [0.2, 0.25) is 0 Å². The Bertz CT molecular complexity index is 1410. The van der Waals surface area contributed by atoms with Crippen molar-refractivity contribution in [2.45, 2.75) is 39.8 Å². The standard InChI is InChI=1S/C25H28FN7O2/c1-5-35-21-9-27-23-20(32-10-14(2)28-15(3)11-32)7-6-18(22(23)31-21)25(34)30-17-8-19(26)24-29-16(4)12-33(24)13-17/h6-9,12-15,28H,5,10-11H2,1-4H3,(H,30,34)/t14-,15-/m1/s1. The summed E-state index contributed by atoms with van der Waals surface area (Å²) in [5.41, 5.74) is 3.50. The molecule has 1 saturated heterocycles. The van der Waals surface area contributed by atoms with Crippen molar-refractivity contribution in [3.05, 3.63) is 53.9 Å². The summed E-state index contributed by atoms with van der Waals surface area (Å²) in [7, 11) is 0. The fourth-order valence-electron chi connectivity index (χ4n) is 4.69. The van der Waals surface area contributed by atoms with Crippen LogP contribution >= 0.6 is 0 Å². The minimum Gasteiger partial charge on any atom is -0.477 e. The van der Waals surface area contributed by atoms with Gasteiger partial charge in [0.2, 0.25) is 5.88 Å². The maximum atomic E-state index is 14.5. The summed E-state index contributed by atoms with van der Waals surface area (Å²) < 4.78 is 21.7. The third-order valence-corrected chi connectivity index (χ3v) is 5.98. The molecule has 3 aromatic heterocycles. The summed E-state index contributed by atoms with van der Waals surface area (Å²) in [6.45, 7) is 9.98. The molecule has 4 heterocycles. The molecule has 0 saturated carbocycles. The van der Waals surface area contributed by atoms with Gasteiger partial charge < -0.3 is 24.7 Å². The molecule has 0 unspecified atom stereocenters. The summed E-state index contributed by atoms with van der Waals surface area (Å²) in [6.07, 6.45) is 4.91. The fraction of sp³-hybridized carbons (Fsp3) is 0.360. The van der Waals surface area contributed by atoms with Gasteiger partial charge in [-0.2, -0.15) is 0 Å². The van der Waals surface area contributed by atoms with E-state index in [-0.39, 0.29) is 5.65 Å². The lowest BCUT2D eigenvalue weighted by molar-refractivity contribution is 0.102. The number of aromatic nitrogens is 4. The Hall–Kier alpha value is -3.79. The van der Waals surface area contributed by atoms with E-state index in [1.807, 2.05) is 13.0 Å². The lowest BCUT2D eigenvalue weighted by atomic mass is 10.1. The second-order valence-corrected chi connectivity index (χ2v) is 8.99. The van der Waals surface area contributed by atoms with Gasteiger partial charge in [-0.05, 0) is 39.8 Å². The molecule has 1 aromatic carbocycles. The Kier molecular flexibility index (Phi) is 5.98. The number of fused-ring (bicyclic) bond motifs is 2. The largest absolute Gasteiger partial charge is 0.477 e. The second-order valence-electron chi connectivity index (χ2n) is 8.99. The molecule has 0 aliphatic carbocycles. The molecule has 1 fully saturated rings. The predicted molar refractivity (Wildman–Crippen MR) is 133 cm³/mol. The van der Waals surface area contributed by atoms with Crippen LogP contribution in [-0.4, -0.2) is 57.0 Å². The summed E-state index contributed by atoms with van der Waals surface area (Å²) in [5.74, 6) is -0.590. The van der Waals surface area contributed by atoms with Gasteiger partial charge in [-0.25, -0.2) is 19.3 Å². The molecule has 0 spiro atoms. The molecule has 1 amide bonds. The highest BCUT2D eigenvalue weighted by molar-refractivity contribution is 6.13. The number of halogens is 1. The maximum absolute atomic E-state index is 14.5. The zero-order valence-corrected chi connectivity index (χ0v) is 20.2. The molecular weight excluding hydrogens is 449 g/mol. The highest BCUT2D eigenvalue weighted by Gasteiger charge is 2.25. The van der Waals surface area contributed by atoms with Gasteiger partial charge in [0.1, 0.15) is 11.0 Å². The van der Waals surface area contributed by atoms with Crippen molar-refractivity contribution < 1.29 is 13.9 Å². The molecular formula is C25H28FN7O2. The van der Waals surface area contributed by atoms with E-state index >= 15 is 0 Å². The number of benzene rings is 1. The van der Waals surface area contributed by atoms with Crippen LogP contribution in [0.1, 0.15) is 36.8 Å². The molecule has 2 N–H and O–H groups in total. The van der Waals surface area contributed by atoms with E-state index in [9.17, 15) is 9.18 Å². The van der Waals surface area contributed by atoms with Crippen LogP contribution in [0.4, 0.5) is 15.8 Å². The van der Waals surface area contributed by atoms with E-state index in [0.29, 0.717) is 52.5 Å². The number of hydrogen-bond acceptors (Lipinski definition) is 7. The molecule has 0 bridgehead atoms. The summed E-state index contributed by atoms with van der Waals surface area (Å²) in [4.78, 5) is 29.0. The van der Waals surface area contributed by atoms with Gasteiger partial charge in [0, 0.05) is 43.6 Å². The number of rotatable bonds is 5. The Balaban J connectivity index is 1.55. The number of nitrogens with one attached hydrogen (secondary N) is 2. The molecule has 4 aromatic rings. The molecule has 5 rings (SSSR count). The van der Waals surface area contributed by atoms with E-state index in [1.165, 1.54) is 6.07 Å². The Morgan fingerprint density at radius 1 is 1.20 bits per heavy atom. The van der Waals surface area contributed by atoms with Crippen molar-refractivity contribution in [1.82, 2.24) is 24.7 Å². The number of carbonyl (C=O) groups is 1. The Morgan fingerprint density at radius 2 is 1.97 bits per heavy atom. The van der Waals surface area contributed by atoms with Crippen LogP contribution in [0.25, 0.3) is 16.7 Å². The number of aryl methyl sites for hydroxylation is 1. The number of amides is 1. The van der Waals surface area contributed by atoms with Gasteiger partial charge in [0.05, 0.1) is 35.4 Å². The highest BCUT2D eigenvalue weighted by Crippen LogP contribution is 2.30. The normalized spacial score (nSPS) is 18.3. The van der Waals surface area contributed by atoms with Gasteiger partial charge in [-0.1, -0.05) is 0 Å². The molecule has 2 atom stereocenters. The third-order valence-electron chi connectivity index (χ3n) is 5.98. The number of hydrogen-bond donors (Lipinski definition) is 2. The summed E-state index contributed by atoms with van der Waals surface area (Å²) in [6, 6.07) is 5.52. The molecule has 182 valence electrons. The van der Waals surface area contributed by atoms with E-state index in [0.717, 1.165) is 18.8 Å². The fourth-order valence-corrected chi connectivity index (χ4v) is 4.69. The number of piperazine rings is 1. The van der Waals surface area contributed by atoms with Crippen LogP contribution in [0, 0.1) is 12.7 Å². The Labute approximate surface area is 202 Å². The highest BCUT2D eigenvalue weighted by atomic mass is 19.1. The topological polar surface area (TPSA) is 96.7 Å². The van der Waals surface area contributed by atoms with Crippen LogP contribution < -0.4 is 20.3 Å². The zero-order chi connectivity index (χ0) is 24.7. The van der Waals surface area contributed by atoms with Crippen LogP contribution in [0.15, 0.2) is 36.8 Å². The van der Waals surface area contributed by atoms with Crippen molar-refractivity contribution in [2.24, 2.45) is 0 Å². The van der Waals surface area contributed by atoms with Crippen LogP contribution in [0.5, 0.6) is 5.88 Å². The molecule has 9 nitrogen and oxygen atoms in total. The number of nitrogens with zero attached hydrogens (tertiary/aromatic N) is 5. The molecule has 1 aliphatic rings. The minimum absolute atomic E-state index is 0.210. The summed E-state index contributed by atoms with van der Waals surface area (Å²) >= 11 is 0. The first-order chi connectivity index (χ1) is 16.8. The first-order valence-electron chi connectivity index (χ1n) is 11.7. The summed E-state index contributed by atoms with van der Waals surface area (Å²) in [5, 5.41) is 6.33. The first kappa shape index (κ1) is 23.0. The van der Waals surface area contributed by atoms with Crippen molar-refractivity contribution >= 4 is 34.0 Å². The zero-order valence-electron chi connectivity index (χ0n) is 20.2. The lowest BCUT2D eigenvalue weighted by Gasteiger charge is -2.38. The van der Waals surface area contributed by atoms with Crippen molar-refractivity contribution in [2.75, 3.05) is 29.9 Å². The van der Waals surface area contributed by atoms with E-state index in [4.69, 9.17) is 4.74 Å². The monoisotopic (exact) mass is 477 g/mol. The predicted octanol–water partition coefficient (Wildman–Crippen LogP) is 3.56. The molecule has 0 radical (unpaired) electrons. The van der Waals surface area contributed by atoms with E-state index < -0.39 is 11.7 Å². The SMILES string of the molecule is CCOc1cnc2c(N3C[C@@H](C)N[C@H](C)C3)ccc(C(=O)Nc3cc(F)c4nc(C)cn4c3)c2n1. The van der Waals surface area contributed by atoms with E-state index in [1.54, 1.807) is 36.0 Å². The average molecular weight is 478 g/mol. The number of ether oxygens (including phenoxy) is 1. The van der Waals surface area contributed by atoms with Gasteiger partial charge >= 0.3 is 0 Å². The smallest absolute Gasteiger partial charge is 0.257 e. The number of imidazole rings is 1. The van der Waals surface area contributed by atoms with Gasteiger partial charge in [0.25, 0.3) is 5.91 Å². The number of carbonyl (C=O) groups excluding carboxylic acids is 1. The maximum Gasteiger partial charge on any atom is 0.257 e. The van der Waals surface area contributed by atoms with Gasteiger partial charge in [-0.3, -0.25) is 4.79 Å². The average Bonchev–Trinajstić information content (AvgIpc) is 3.18. The van der Waals surface area contributed by atoms with Gasteiger partial charge in [-0.15, -0.1) is 0 Å². The number of pyridine rings is 1. The second kappa shape index (κ2) is 9.10. The van der Waals surface area contributed by atoms with Crippen molar-refractivity contribution in [3.8, 4) is 5.88 Å². The lowest BCUT2D eigenvalue weighted by Crippen LogP contribution is -2.54. The quantitative estimate of drug-likeness (QED) is 0.454. The number of anilines is 2. The molecule has 10 heteroatoms. The van der Waals surface area contributed by atoms with Gasteiger partial charge in [0.15, 0.2) is 11.5 Å². The van der Waals surface area contributed by atoms with Crippen LogP contribution in [0.3, 0.4) is 0 Å². The minimum atomic E-state index is -0.517.